The second-order valence-electron chi connectivity index (χ2n) is 6.96. The Morgan fingerprint density at radius 1 is 1.03 bits per heavy atom. The Balaban J connectivity index is 1.44. The molecule has 0 saturated heterocycles. The Bertz CT molecular complexity index is 1390. The lowest BCUT2D eigenvalue weighted by Crippen LogP contribution is -2.24. The minimum absolute atomic E-state index is 0.0217. The summed E-state index contributed by atoms with van der Waals surface area (Å²) in [5.74, 6) is 1.81. The molecular weight excluding hydrogens is 442 g/mol. The first-order chi connectivity index (χ1) is 15.4. The van der Waals surface area contributed by atoms with Gasteiger partial charge in [0.15, 0.2) is 0 Å². The number of nitrogens with one attached hydrogen (secondary N) is 2. The summed E-state index contributed by atoms with van der Waals surface area (Å²) in [6.07, 6.45) is 5.81. The third-order valence-corrected chi connectivity index (χ3v) is 7.11. The van der Waals surface area contributed by atoms with E-state index in [1.54, 1.807) is 17.4 Å². The highest BCUT2D eigenvalue weighted by Crippen LogP contribution is 2.24. The summed E-state index contributed by atoms with van der Waals surface area (Å²) >= 11 is 1.67. The molecule has 160 valence electrons. The Morgan fingerprint density at radius 3 is 2.56 bits per heavy atom. The number of hydrogen-bond acceptors (Lipinski definition) is 5. The van der Waals surface area contributed by atoms with Gasteiger partial charge in [0.05, 0.1) is 26.7 Å². The van der Waals surface area contributed by atoms with Crippen molar-refractivity contribution in [2.24, 2.45) is 0 Å². The number of thiazole rings is 1. The van der Waals surface area contributed by atoms with Crippen LogP contribution in [0, 0.1) is 12.3 Å². The predicted molar refractivity (Wildman–Crippen MR) is 127 cm³/mol. The molecule has 32 heavy (non-hydrogen) atoms. The molecule has 0 bridgehead atoms. The maximum Gasteiger partial charge on any atom is 0.255 e. The smallest absolute Gasteiger partial charge is 0.255 e. The zero-order valence-corrected chi connectivity index (χ0v) is 18.5. The minimum Gasteiger partial charge on any atom is -0.322 e. The number of para-hydroxylation sites is 1. The van der Waals surface area contributed by atoms with Crippen molar-refractivity contribution in [2.45, 2.75) is 11.3 Å². The molecule has 0 aliphatic heterocycles. The third kappa shape index (κ3) is 5.03. The molecular formula is C24H19N3O3S2. The summed E-state index contributed by atoms with van der Waals surface area (Å²) < 4.78 is 27.9. The Morgan fingerprint density at radius 2 is 1.81 bits per heavy atom. The van der Waals surface area contributed by atoms with Crippen molar-refractivity contribution < 1.29 is 13.2 Å². The van der Waals surface area contributed by atoms with Crippen molar-refractivity contribution >= 4 is 43.2 Å². The summed E-state index contributed by atoms with van der Waals surface area (Å²) in [6, 6.07) is 21.3. The van der Waals surface area contributed by atoms with Gasteiger partial charge in [-0.15, -0.1) is 17.8 Å². The quantitative estimate of drug-likeness (QED) is 0.407. The topological polar surface area (TPSA) is 88.2 Å². The lowest BCUT2D eigenvalue weighted by molar-refractivity contribution is 0.102. The number of nitrogens with zero attached hydrogens (tertiary/aromatic N) is 1. The summed E-state index contributed by atoms with van der Waals surface area (Å²) in [4.78, 5) is 17.2. The van der Waals surface area contributed by atoms with Gasteiger partial charge in [0.2, 0.25) is 10.0 Å². The summed E-state index contributed by atoms with van der Waals surface area (Å²) in [7, 11) is -3.77. The molecule has 0 spiro atoms. The molecule has 2 N–H and O–H groups in total. The number of hydrogen-bond donors (Lipinski definition) is 2. The number of anilines is 1. The van der Waals surface area contributed by atoms with Crippen molar-refractivity contribution in [3.63, 3.8) is 0 Å². The van der Waals surface area contributed by atoms with Gasteiger partial charge in [-0.3, -0.25) is 4.79 Å². The van der Waals surface area contributed by atoms with Gasteiger partial charge in [0.25, 0.3) is 5.91 Å². The Hall–Kier alpha value is -3.51. The monoisotopic (exact) mass is 461 g/mol. The molecule has 0 atom stereocenters. The normalized spacial score (nSPS) is 11.2. The van der Waals surface area contributed by atoms with Crippen molar-refractivity contribution in [1.29, 1.82) is 0 Å². The van der Waals surface area contributed by atoms with E-state index in [9.17, 15) is 13.2 Å². The van der Waals surface area contributed by atoms with Crippen molar-refractivity contribution in [2.75, 3.05) is 11.9 Å². The van der Waals surface area contributed by atoms with Crippen LogP contribution in [-0.2, 0) is 16.4 Å². The van der Waals surface area contributed by atoms with Crippen LogP contribution in [0.25, 0.3) is 10.2 Å². The Labute approximate surface area is 190 Å². The fourth-order valence-corrected chi connectivity index (χ4v) is 5.09. The fraction of sp³-hybridized carbons (Fsp3) is 0.0833. The number of rotatable bonds is 7. The third-order valence-electron chi connectivity index (χ3n) is 4.68. The molecule has 0 aliphatic carbocycles. The fourth-order valence-electron chi connectivity index (χ4n) is 3.10. The molecule has 1 heterocycles. The molecule has 6 nitrogen and oxygen atoms in total. The van der Waals surface area contributed by atoms with Crippen LogP contribution >= 0.6 is 11.3 Å². The van der Waals surface area contributed by atoms with Gasteiger partial charge in [-0.1, -0.05) is 36.3 Å². The SMILES string of the molecule is C#CCNS(=O)(=O)c1cccc(C(=O)Nc2ccc(Cc3nc4ccccc4s3)cc2)c1. The van der Waals surface area contributed by atoms with E-state index >= 15 is 0 Å². The average Bonchev–Trinajstić information content (AvgIpc) is 3.21. The molecule has 1 amide bonds. The number of aromatic nitrogens is 1. The number of carbonyl (C=O) groups is 1. The molecule has 4 aromatic rings. The van der Waals surface area contributed by atoms with Crippen LogP contribution in [0.1, 0.15) is 20.9 Å². The molecule has 0 saturated carbocycles. The van der Waals surface area contributed by atoms with Crippen LogP contribution in [0.5, 0.6) is 0 Å². The number of fused-ring (bicyclic) bond motifs is 1. The van der Waals surface area contributed by atoms with E-state index in [1.165, 1.54) is 18.2 Å². The summed E-state index contributed by atoms with van der Waals surface area (Å²) in [5.41, 5.74) is 2.92. The maximum absolute atomic E-state index is 12.6. The molecule has 0 fully saturated rings. The van der Waals surface area contributed by atoms with Crippen LogP contribution in [0.3, 0.4) is 0 Å². The molecule has 3 aromatic carbocycles. The number of sulfonamides is 1. The average molecular weight is 462 g/mol. The van der Waals surface area contributed by atoms with Gasteiger partial charge in [0, 0.05) is 17.7 Å². The van der Waals surface area contributed by atoms with Gasteiger partial charge in [0.1, 0.15) is 0 Å². The van der Waals surface area contributed by atoms with E-state index < -0.39 is 15.9 Å². The summed E-state index contributed by atoms with van der Waals surface area (Å²) in [6.45, 7) is -0.123. The zero-order valence-electron chi connectivity index (χ0n) is 16.9. The van der Waals surface area contributed by atoms with Gasteiger partial charge >= 0.3 is 0 Å². The zero-order chi connectivity index (χ0) is 22.6. The van der Waals surface area contributed by atoms with Crippen molar-refractivity contribution in [3.05, 3.63) is 88.9 Å². The maximum atomic E-state index is 12.6. The second-order valence-corrected chi connectivity index (χ2v) is 9.84. The van der Waals surface area contributed by atoms with Gasteiger partial charge < -0.3 is 5.32 Å². The lowest BCUT2D eigenvalue weighted by atomic mass is 10.1. The highest BCUT2D eigenvalue weighted by atomic mass is 32.2. The van der Waals surface area contributed by atoms with Gasteiger partial charge in [-0.05, 0) is 48.0 Å². The van der Waals surface area contributed by atoms with Gasteiger partial charge in [-0.25, -0.2) is 13.4 Å². The molecule has 0 unspecified atom stereocenters. The van der Waals surface area contributed by atoms with Gasteiger partial charge in [-0.2, -0.15) is 4.72 Å². The summed E-state index contributed by atoms with van der Waals surface area (Å²) in [5, 5.41) is 3.82. The molecule has 0 radical (unpaired) electrons. The number of amides is 1. The molecule has 0 aliphatic rings. The number of terminal acetylenes is 1. The first kappa shape index (κ1) is 21.7. The molecule has 4 rings (SSSR count). The number of benzene rings is 3. The van der Waals surface area contributed by atoms with Crippen LogP contribution < -0.4 is 10.0 Å². The van der Waals surface area contributed by atoms with E-state index in [1.807, 2.05) is 42.5 Å². The van der Waals surface area contributed by atoms with E-state index in [-0.39, 0.29) is 17.0 Å². The standard InChI is InChI=1S/C24H19N3O3S2/c1-2-14-25-32(29,30)20-7-5-6-18(16-20)24(28)26-19-12-10-17(11-13-19)15-23-27-21-8-3-4-9-22(21)31-23/h1,3-13,16,25H,14-15H2,(H,26,28). The van der Waals surface area contributed by atoms with E-state index in [4.69, 9.17) is 6.42 Å². The van der Waals surface area contributed by atoms with Crippen LogP contribution in [-0.4, -0.2) is 25.9 Å². The highest BCUT2D eigenvalue weighted by Gasteiger charge is 2.15. The van der Waals surface area contributed by atoms with Crippen LogP contribution in [0.2, 0.25) is 0 Å². The van der Waals surface area contributed by atoms with Crippen LogP contribution in [0.4, 0.5) is 5.69 Å². The molecule has 8 heteroatoms. The lowest BCUT2D eigenvalue weighted by Gasteiger charge is -2.08. The van der Waals surface area contributed by atoms with Crippen molar-refractivity contribution in [1.82, 2.24) is 9.71 Å². The first-order valence-corrected chi connectivity index (χ1v) is 12.0. The highest BCUT2D eigenvalue weighted by molar-refractivity contribution is 7.89. The Kier molecular flexibility index (Phi) is 6.32. The van der Waals surface area contributed by atoms with Crippen molar-refractivity contribution in [3.8, 4) is 12.3 Å². The van der Waals surface area contributed by atoms with E-state index in [0.29, 0.717) is 12.1 Å². The second kappa shape index (κ2) is 9.32. The van der Waals surface area contributed by atoms with E-state index in [0.717, 1.165) is 20.8 Å². The number of carbonyl (C=O) groups excluding carboxylic acids is 1. The minimum atomic E-state index is -3.77. The van der Waals surface area contributed by atoms with Crippen LogP contribution in [0.15, 0.2) is 77.7 Å². The molecule has 1 aromatic heterocycles. The first-order valence-electron chi connectivity index (χ1n) is 9.72. The predicted octanol–water partition coefficient (Wildman–Crippen LogP) is 4.05. The largest absolute Gasteiger partial charge is 0.322 e. The van der Waals surface area contributed by atoms with E-state index in [2.05, 4.69) is 27.0 Å².